The van der Waals surface area contributed by atoms with Crippen LogP contribution in [-0.4, -0.2) is 26.0 Å². The summed E-state index contributed by atoms with van der Waals surface area (Å²) >= 11 is 12.6. The molecule has 0 radical (unpaired) electrons. The van der Waals surface area contributed by atoms with Gasteiger partial charge in [-0.3, -0.25) is 4.79 Å². The molecule has 0 aromatic heterocycles. The lowest BCUT2D eigenvalue weighted by Gasteiger charge is -2.39. The predicted molar refractivity (Wildman–Crippen MR) is 109 cm³/mol. The lowest BCUT2D eigenvalue weighted by atomic mass is 9.68. The van der Waals surface area contributed by atoms with Crippen molar-refractivity contribution in [3.63, 3.8) is 0 Å². The van der Waals surface area contributed by atoms with Gasteiger partial charge in [0.1, 0.15) is 5.75 Å². The van der Waals surface area contributed by atoms with Crippen molar-refractivity contribution in [3.05, 3.63) is 50.3 Å². The summed E-state index contributed by atoms with van der Waals surface area (Å²) in [5.41, 5.74) is 2.75. The van der Waals surface area contributed by atoms with Crippen LogP contribution >= 0.6 is 23.2 Å². The number of methoxy groups -OCH3 is 2. The van der Waals surface area contributed by atoms with E-state index in [1.165, 1.54) is 14.2 Å². The molecule has 1 aliphatic carbocycles. The van der Waals surface area contributed by atoms with Crippen LogP contribution in [0.2, 0.25) is 10.0 Å². The van der Waals surface area contributed by atoms with E-state index in [9.17, 15) is 9.59 Å². The van der Waals surface area contributed by atoms with Crippen LogP contribution in [0.15, 0.2) is 34.7 Å². The van der Waals surface area contributed by atoms with Crippen molar-refractivity contribution in [2.75, 3.05) is 14.2 Å². The molecule has 0 amide bonds. The Morgan fingerprint density at radius 2 is 1.89 bits per heavy atom. The van der Waals surface area contributed by atoms with Gasteiger partial charge in [-0.2, -0.15) is 0 Å². The van der Waals surface area contributed by atoms with Gasteiger partial charge in [-0.15, -0.1) is 0 Å². The van der Waals surface area contributed by atoms with E-state index < -0.39 is 11.9 Å². The zero-order valence-electron chi connectivity index (χ0n) is 16.5. The number of ether oxygens (including phenoxy) is 2. The second-order valence-electron chi connectivity index (χ2n) is 7.93. The minimum absolute atomic E-state index is 0.0178. The van der Waals surface area contributed by atoms with Crippen LogP contribution in [0.4, 0.5) is 0 Å². The zero-order valence-corrected chi connectivity index (χ0v) is 18.0. The third-order valence-electron chi connectivity index (χ3n) is 5.20. The average Bonchev–Trinajstić information content (AvgIpc) is 2.58. The molecule has 1 aromatic rings. The highest BCUT2D eigenvalue weighted by molar-refractivity contribution is 6.35. The van der Waals surface area contributed by atoms with Crippen LogP contribution in [0.3, 0.4) is 0 Å². The van der Waals surface area contributed by atoms with Crippen molar-refractivity contribution in [1.82, 2.24) is 5.32 Å². The van der Waals surface area contributed by atoms with Crippen LogP contribution in [0.1, 0.15) is 45.1 Å². The highest BCUT2D eigenvalue weighted by Crippen LogP contribution is 2.50. The zero-order chi connectivity index (χ0) is 20.8. The van der Waals surface area contributed by atoms with Crippen LogP contribution in [0, 0.1) is 5.41 Å². The molecule has 0 saturated heterocycles. The number of benzene rings is 1. The molecular formula is C21H23Cl2NO4. The van der Waals surface area contributed by atoms with Gasteiger partial charge in [0.25, 0.3) is 0 Å². The molecule has 150 valence electrons. The number of carbonyl (C=O) groups is 2. The van der Waals surface area contributed by atoms with Gasteiger partial charge in [-0.25, -0.2) is 4.79 Å². The highest BCUT2D eigenvalue weighted by atomic mass is 35.5. The molecule has 1 unspecified atom stereocenters. The van der Waals surface area contributed by atoms with E-state index in [-0.39, 0.29) is 11.2 Å². The number of carbonyl (C=O) groups excluding carboxylic acids is 2. The molecule has 0 spiro atoms. The Labute approximate surface area is 174 Å². The Morgan fingerprint density at radius 3 is 2.50 bits per heavy atom. The maximum absolute atomic E-state index is 13.2. The normalized spacial score (nSPS) is 21.2. The van der Waals surface area contributed by atoms with Crippen molar-refractivity contribution >= 4 is 35.0 Å². The Morgan fingerprint density at radius 1 is 1.21 bits per heavy atom. The minimum atomic E-state index is -0.668. The molecule has 3 rings (SSSR count). The summed E-state index contributed by atoms with van der Waals surface area (Å²) in [5, 5.41) is 3.98. The second kappa shape index (κ2) is 7.45. The first-order valence-electron chi connectivity index (χ1n) is 8.95. The standard InChI is InChI=1S/C21H23Cl2NO4/c1-10-16(20(26)28-5)17(12-6-11(22)7-13(23)19(12)27-4)18-14(24-10)8-21(2,3)9-15(18)25/h6-7,17,24H,8-9H2,1-5H3. The summed E-state index contributed by atoms with van der Waals surface area (Å²) in [6, 6.07) is 3.26. The monoisotopic (exact) mass is 423 g/mol. The van der Waals surface area contributed by atoms with Gasteiger partial charge in [-0.1, -0.05) is 37.0 Å². The SMILES string of the molecule is COC(=O)C1=C(C)NC2=C(C(=O)CC(C)(C)C2)C1c1cc(Cl)cc(Cl)c1OC. The van der Waals surface area contributed by atoms with Gasteiger partial charge in [0, 0.05) is 34.0 Å². The van der Waals surface area contributed by atoms with Gasteiger partial charge in [0.15, 0.2) is 5.78 Å². The molecule has 5 nitrogen and oxygen atoms in total. The van der Waals surface area contributed by atoms with Gasteiger partial charge >= 0.3 is 5.97 Å². The molecule has 1 heterocycles. The summed E-state index contributed by atoms with van der Waals surface area (Å²) in [7, 11) is 2.81. The molecule has 7 heteroatoms. The number of esters is 1. The van der Waals surface area contributed by atoms with Crippen LogP contribution < -0.4 is 10.1 Å². The van der Waals surface area contributed by atoms with Crippen molar-refractivity contribution in [3.8, 4) is 5.75 Å². The van der Waals surface area contributed by atoms with Crippen molar-refractivity contribution in [2.24, 2.45) is 5.41 Å². The number of hydrogen-bond acceptors (Lipinski definition) is 5. The quantitative estimate of drug-likeness (QED) is 0.708. The maximum atomic E-state index is 13.2. The molecule has 1 aliphatic heterocycles. The smallest absolute Gasteiger partial charge is 0.336 e. The van der Waals surface area contributed by atoms with E-state index in [2.05, 4.69) is 19.2 Å². The van der Waals surface area contributed by atoms with E-state index in [1.54, 1.807) is 19.1 Å². The van der Waals surface area contributed by atoms with Crippen LogP contribution in [0.5, 0.6) is 5.75 Å². The fraction of sp³-hybridized carbons (Fsp3) is 0.429. The number of rotatable bonds is 3. The van der Waals surface area contributed by atoms with Crippen molar-refractivity contribution < 1.29 is 19.1 Å². The third-order valence-corrected chi connectivity index (χ3v) is 5.70. The number of nitrogens with one attached hydrogen (secondary N) is 1. The van der Waals surface area contributed by atoms with Gasteiger partial charge in [0.2, 0.25) is 0 Å². The fourth-order valence-corrected chi connectivity index (χ4v) is 4.72. The number of Topliss-reactive ketones (excluding diaryl/α,β-unsaturated/α-hetero) is 1. The lowest BCUT2D eigenvalue weighted by Crippen LogP contribution is -2.38. The molecule has 0 saturated carbocycles. The number of halogens is 2. The molecule has 2 aliphatic rings. The third kappa shape index (κ3) is 3.53. The molecule has 0 bridgehead atoms. The largest absolute Gasteiger partial charge is 0.495 e. The Bertz CT molecular complexity index is 931. The molecule has 0 fully saturated rings. The highest BCUT2D eigenvalue weighted by Gasteiger charge is 2.44. The number of hydrogen-bond donors (Lipinski definition) is 1. The number of allylic oxidation sites excluding steroid dienone is 3. The summed E-state index contributed by atoms with van der Waals surface area (Å²) in [5.74, 6) is -0.816. The molecule has 1 aromatic carbocycles. The van der Waals surface area contributed by atoms with E-state index >= 15 is 0 Å². The van der Waals surface area contributed by atoms with Gasteiger partial charge in [-0.05, 0) is 30.9 Å². The Kier molecular flexibility index (Phi) is 5.52. The first-order valence-corrected chi connectivity index (χ1v) is 9.70. The minimum Gasteiger partial charge on any atom is -0.495 e. The Balaban J connectivity index is 2.32. The van der Waals surface area contributed by atoms with Gasteiger partial charge in [0.05, 0.1) is 30.7 Å². The van der Waals surface area contributed by atoms with Gasteiger partial charge < -0.3 is 14.8 Å². The van der Waals surface area contributed by atoms with Crippen LogP contribution in [0.25, 0.3) is 0 Å². The maximum Gasteiger partial charge on any atom is 0.336 e. The predicted octanol–water partition coefficient (Wildman–Crippen LogP) is 4.78. The number of dihydropyridines is 1. The molecule has 28 heavy (non-hydrogen) atoms. The first-order chi connectivity index (χ1) is 13.1. The van der Waals surface area contributed by atoms with E-state index in [4.69, 9.17) is 32.7 Å². The first kappa shape index (κ1) is 20.7. The van der Waals surface area contributed by atoms with Crippen molar-refractivity contribution in [2.45, 2.75) is 39.5 Å². The van der Waals surface area contributed by atoms with Crippen LogP contribution in [-0.2, 0) is 14.3 Å². The average molecular weight is 424 g/mol. The molecule has 1 N–H and O–H groups in total. The van der Waals surface area contributed by atoms with E-state index in [0.29, 0.717) is 51.0 Å². The topological polar surface area (TPSA) is 64.6 Å². The molecule has 1 atom stereocenters. The second-order valence-corrected chi connectivity index (χ2v) is 8.78. The van der Waals surface area contributed by atoms with E-state index in [1.807, 2.05) is 0 Å². The van der Waals surface area contributed by atoms with E-state index in [0.717, 1.165) is 5.70 Å². The summed E-state index contributed by atoms with van der Waals surface area (Å²) in [4.78, 5) is 25.9. The summed E-state index contributed by atoms with van der Waals surface area (Å²) in [6.45, 7) is 5.90. The molecular weight excluding hydrogens is 401 g/mol. The fourth-order valence-electron chi connectivity index (χ4n) is 4.14. The number of ketones is 1. The summed E-state index contributed by atoms with van der Waals surface area (Å²) in [6.07, 6.45) is 1.07. The van der Waals surface area contributed by atoms with Crippen molar-refractivity contribution in [1.29, 1.82) is 0 Å². The Hall–Kier alpha value is -1.98. The summed E-state index contributed by atoms with van der Waals surface area (Å²) < 4.78 is 10.5. The lowest BCUT2D eigenvalue weighted by molar-refractivity contribution is -0.136.